The predicted octanol–water partition coefficient (Wildman–Crippen LogP) is 9.21. The summed E-state index contributed by atoms with van der Waals surface area (Å²) in [5, 5.41) is 3.39. The highest BCUT2D eigenvalue weighted by Crippen LogP contribution is 2.37. The van der Waals surface area contributed by atoms with Crippen molar-refractivity contribution in [3.05, 3.63) is 65.5 Å². The molecule has 1 fully saturated rings. The molecule has 1 aliphatic carbocycles. The van der Waals surface area contributed by atoms with Gasteiger partial charge in [0.1, 0.15) is 5.82 Å². The monoisotopic (exact) mass is 462 g/mol. The molecule has 0 saturated heterocycles. The van der Waals surface area contributed by atoms with Crippen molar-refractivity contribution in [1.82, 2.24) is 5.32 Å². The van der Waals surface area contributed by atoms with Crippen LogP contribution in [0.25, 0.3) is 5.57 Å². The topological polar surface area (TPSA) is 24.4 Å². The number of allylic oxidation sites excluding steroid dienone is 3. The van der Waals surface area contributed by atoms with Crippen LogP contribution in [0.2, 0.25) is 0 Å². The Morgan fingerprint density at radius 3 is 2.44 bits per heavy atom. The molecule has 1 unspecified atom stereocenters. The fraction of sp³-hybridized carbons (Fsp3) is 0.594. The van der Waals surface area contributed by atoms with Gasteiger partial charge >= 0.3 is 0 Å². The van der Waals surface area contributed by atoms with E-state index in [4.69, 9.17) is 4.99 Å². The molecular formula is C32H50N2. The minimum Gasteiger partial charge on any atom is -0.371 e. The van der Waals surface area contributed by atoms with E-state index in [9.17, 15) is 0 Å². The van der Waals surface area contributed by atoms with Crippen molar-refractivity contribution in [2.45, 2.75) is 105 Å². The van der Waals surface area contributed by atoms with E-state index in [1.54, 1.807) is 0 Å². The fourth-order valence-corrected chi connectivity index (χ4v) is 5.34. The lowest BCUT2D eigenvalue weighted by molar-refractivity contribution is 0.311. The largest absolute Gasteiger partial charge is 0.371 e. The van der Waals surface area contributed by atoms with Crippen LogP contribution in [0.4, 0.5) is 0 Å². The molecule has 0 spiro atoms. The quantitative estimate of drug-likeness (QED) is 0.157. The first-order valence-electron chi connectivity index (χ1n) is 13.9. The predicted molar refractivity (Wildman–Crippen MR) is 152 cm³/mol. The van der Waals surface area contributed by atoms with Crippen LogP contribution >= 0.6 is 0 Å². The lowest BCUT2D eigenvalue weighted by Crippen LogP contribution is -2.18. The Morgan fingerprint density at radius 1 is 1.09 bits per heavy atom. The molecule has 1 aromatic carbocycles. The molecule has 0 bridgehead atoms. The zero-order valence-electron chi connectivity index (χ0n) is 22.6. The van der Waals surface area contributed by atoms with Crippen LogP contribution in [0.5, 0.6) is 0 Å². The first-order valence-corrected chi connectivity index (χ1v) is 13.9. The number of hydrogen-bond donors (Lipinski definition) is 1. The van der Waals surface area contributed by atoms with Gasteiger partial charge in [0.15, 0.2) is 0 Å². The van der Waals surface area contributed by atoms with Gasteiger partial charge in [0.25, 0.3) is 0 Å². The first kappa shape index (κ1) is 28.1. The summed E-state index contributed by atoms with van der Waals surface area (Å²) in [6, 6.07) is 7.02. The summed E-state index contributed by atoms with van der Waals surface area (Å²) in [6.45, 7) is 18.4. The minimum absolute atomic E-state index is 0.399. The maximum Gasteiger partial charge on any atom is 0.118 e. The number of rotatable bonds is 15. The van der Waals surface area contributed by atoms with Crippen LogP contribution in [0, 0.1) is 18.8 Å². The zero-order valence-corrected chi connectivity index (χ0v) is 22.6. The summed E-state index contributed by atoms with van der Waals surface area (Å²) in [6.07, 6.45) is 19.5. The summed E-state index contributed by atoms with van der Waals surface area (Å²) < 4.78 is 0. The number of unbranched alkanes of at least 4 members (excludes halogenated alkanes) is 4. The van der Waals surface area contributed by atoms with Crippen molar-refractivity contribution in [1.29, 1.82) is 0 Å². The average molecular weight is 463 g/mol. The van der Waals surface area contributed by atoms with E-state index in [0.717, 1.165) is 25.2 Å². The Balaban J connectivity index is 2.34. The standard InChI is InChI=1S/C32H50N2/c1-7-10-13-17-28-20-21-31(25(4)23-28)32(24-34-27(6)33-22-16-11-8-2)26(5)30(9-3)29-18-14-12-15-19-29/h9,20-21,23-24,29-30,33H,3,6-8,10-19,22H2,1-2,4-5H3/b32-26-,34-24-. The van der Waals surface area contributed by atoms with Crippen molar-refractivity contribution >= 4 is 11.8 Å². The summed E-state index contributed by atoms with van der Waals surface area (Å²) in [4.78, 5) is 4.78. The molecule has 0 aliphatic heterocycles. The first-order chi connectivity index (χ1) is 16.5. The highest BCUT2D eigenvalue weighted by atomic mass is 15.0. The minimum atomic E-state index is 0.399. The van der Waals surface area contributed by atoms with Gasteiger partial charge in [-0.3, -0.25) is 0 Å². The molecule has 1 atom stereocenters. The zero-order chi connectivity index (χ0) is 24.8. The molecule has 1 saturated carbocycles. The Morgan fingerprint density at radius 2 is 1.79 bits per heavy atom. The molecule has 0 amide bonds. The van der Waals surface area contributed by atoms with Crippen LogP contribution in [0.1, 0.15) is 108 Å². The number of benzene rings is 1. The molecule has 1 N–H and O–H groups in total. The highest BCUT2D eigenvalue weighted by molar-refractivity contribution is 6.12. The van der Waals surface area contributed by atoms with Crippen LogP contribution < -0.4 is 5.32 Å². The molecule has 34 heavy (non-hydrogen) atoms. The Bertz CT molecular complexity index is 823. The van der Waals surface area contributed by atoms with Crippen molar-refractivity contribution < 1.29 is 0 Å². The highest BCUT2D eigenvalue weighted by Gasteiger charge is 2.24. The second-order valence-corrected chi connectivity index (χ2v) is 10.2. The van der Waals surface area contributed by atoms with Gasteiger partial charge < -0.3 is 5.32 Å². The summed E-state index contributed by atoms with van der Waals surface area (Å²) in [5.74, 6) is 1.85. The Labute approximate surface area is 210 Å². The van der Waals surface area contributed by atoms with Gasteiger partial charge in [-0.25, -0.2) is 4.99 Å². The lowest BCUT2D eigenvalue weighted by Gasteiger charge is -2.30. The second kappa shape index (κ2) is 15.7. The van der Waals surface area contributed by atoms with Gasteiger partial charge in [-0.15, -0.1) is 6.58 Å². The van der Waals surface area contributed by atoms with Crippen molar-refractivity contribution in [3.8, 4) is 0 Å². The summed E-state index contributed by atoms with van der Waals surface area (Å²) >= 11 is 0. The van der Waals surface area contributed by atoms with E-state index >= 15 is 0 Å². The van der Waals surface area contributed by atoms with Crippen LogP contribution in [0.3, 0.4) is 0 Å². The number of aryl methyl sites for hydroxylation is 2. The Kier molecular flexibility index (Phi) is 13.0. The molecule has 1 aromatic rings. The smallest absolute Gasteiger partial charge is 0.118 e. The lowest BCUT2D eigenvalue weighted by atomic mass is 9.75. The van der Waals surface area contributed by atoms with Crippen molar-refractivity contribution in [2.75, 3.05) is 6.54 Å². The molecule has 2 rings (SSSR count). The molecule has 1 aliphatic rings. The van der Waals surface area contributed by atoms with E-state index in [1.807, 2.05) is 0 Å². The van der Waals surface area contributed by atoms with Crippen LogP contribution in [-0.4, -0.2) is 12.8 Å². The van der Waals surface area contributed by atoms with Crippen molar-refractivity contribution in [2.24, 2.45) is 16.8 Å². The molecule has 0 aromatic heterocycles. The van der Waals surface area contributed by atoms with Gasteiger partial charge in [-0.1, -0.05) is 95.2 Å². The average Bonchev–Trinajstić information content (AvgIpc) is 2.84. The van der Waals surface area contributed by atoms with E-state index < -0.39 is 0 Å². The van der Waals surface area contributed by atoms with E-state index in [1.165, 1.54) is 92.0 Å². The van der Waals surface area contributed by atoms with Crippen LogP contribution in [-0.2, 0) is 6.42 Å². The van der Waals surface area contributed by atoms with Gasteiger partial charge in [0, 0.05) is 18.7 Å². The van der Waals surface area contributed by atoms with Gasteiger partial charge in [-0.05, 0) is 74.1 Å². The number of aliphatic imine (C=N–C) groups is 1. The summed E-state index contributed by atoms with van der Waals surface area (Å²) in [5.41, 5.74) is 6.71. The molecule has 0 radical (unpaired) electrons. The number of nitrogens with one attached hydrogen (secondary N) is 1. The van der Waals surface area contributed by atoms with E-state index in [2.05, 4.69) is 76.7 Å². The summed E-state index contributed by atoms with van der Waals surface area (Å²) in [7, 11) is 0. The van der Waals surface area contributed by atoms with E-state index in [-0.39, 0.29) is 0 Å². The van der Waals surface area contributed by atoms with E-state index in [0.29, 0.717) is 11.8 Å². The molecule has 2 nitrogen and oxygen atoms in total. The number of hydrogen-bond acceptors (Lipinski definition) is 2. The molecule has 0 heterocycles. The van der Waals surface area contributed by atoms with Gasteiger partial charge in [0.2, 0.25) is 0 Å². The third kappa shape index (κ3) is 8.93. The molecule has 188 valence electrons. The molecular weight excluding hydrogens is 412 g/mol. The third-order valence-corrected chi connectivity index (χ3v) is 7.45. The van der Waals surface area contributed by atoms with Crippen LogP contribution in [0.15, 0.2) is 53.8 Å². The molecule has 2 heteroatoms. The second-order valence-electron chi connectivity index (χ2n) is 10.2. The third-order valence-electron chi connectivity index (χ3n) is 7.45. The maximum atomic E-state index is 4.78. The SMILES string of the molecule is C=CC(/C(C)=C(/C=N\C(=C)NCCCCC)c1ccc(CCCCC)cc1C)C1CCCCC1. The van der Waals surface area contributed by atoms with Gasteiger partial charge in [-0.2, -0.15) is 0 Å². The maximum absolute atomic E-state index is 4.78. The Hall–Kier alpha value is -2.09. The van der Waals surface area contributed by atoms with Crippen molar-refractivity contribution in [3.63, 3.8) is 0 Å². The normalized spacial score (nSPS) is 16.4. The number of nitrogens with zero attached hydrogens (tertiary/aromatic N) is 1. The fourth-order valence-electron chi connectivity index (χ4n) is 5.34. The van der Waals surface area contributed by atoms with Gasteiger partial charge in [0.05, 0.1) is 0 Å².